The summed E-state index contributed by atoms with van der Waals surface area (Å²) < 4.78 is 48.4. The summed E-state index contributed by atoms with van der Waals surface area (Å²) in [5, 5.41) is 14.9. The molecule has 2 aromatic heterocycles. The van der Waals surface area contributed by atoms with E-state index in [0.29, 0.717) is 11.3 Å². The van der Waals surface area contributed by atoms with Crippen LogP contribution in [0.3, 0.4) is 0 Å². The standard InChI is InChI=1S/C19H15F3N4O2/c20-13-1-4-17(27-10-18(21)22)11(5-13)7-23-14-2-3-16-15(6-14)19(26-25-16)12-8-24-28-9-12/h1-6,8-9,18,23H,7,10H2,(H,25,26). The van der Waals surface area contributed by atoms with Crippen molar-refractivity contribution in [1.29, 1.82) is 0 Å². The highest BCUT2D eigenvalue weighted by atomic mass is 19.3. The molecule has 4 rings (SSSR count). The van der Waals surface area contributed by atoms with Crippen molar-refractivity contribution >= 4 is 16.6 Å². The van der Waals surface area contributed by atoms with Crippen molar-refractivity contribution in [3.05, 3.63) is 60.2 Å². The van der Waals surface area contributed by atoms with E-state index < -0.39 is 18.8 Å². The molecule has 0 bridgehead atoms. The van der Waals surface area contributed by atoms with Gasteiger partial charge in [-0.3, -0.25) is 5.10 Å². The average molecular weight is 388 g/mol. The Hall–Kier alpha value is -3.49. The predicted molar refractivity (Wildman–Crippen MR) is 96.8 cm³/mol. The van der Waals surface area contributed by atoms with Crippen molar-refractivity contribution in [2.75, 3.05) is 11.9 Å². The Balaban J connectivity index is 1.56. The van der Waals surface area contributed by atoms with E-state index in [2.05, 4.69) is 20.7 Å². The molecule has 0 saturated heterocycles. The molecule has 0 saturated carbocycles. The molecule has 0 amide bonds. The van der Waals surface area contributed by atoms with Crippen LogP contribution in [0.2, 0.25) is 0 Å². The van der Waals surface area contributed by atoms with Gasteiger partial charge in [-0.05, 0) is 36.4 Å². The van der Waals surface area contributed by atoms with Gasteiger partial charge in [0.25, 0.3) is 6.43 Å². The molecule has 4 aromatic rings. The number of rotatable bonds is 7. The number of hydrogen-bond acceptors (Lipinski definition) is 5. The van der Waals surface area contributed by atoms with E-state index in [4.69, 9.17) is 9.26 Å². The number of nitrogens with zero attached hydrogens (tertiary/aromatic N) is 2. The van der Waals surface area contributed by atoms with Crippen LogP contribution in [0, 0.1) is 5.82 Å². The molecule has 0 fully saturated rings. The smallest absolute Gasteiger partial charge is 0.272 e. The summed E-state index contributed by atoms with van der Waals surface area (Å²) in [6.45, 7) is -0.552. The van der Waals surface area contributed by atoms with E-state index >= 15 is 0 Å². The van der Waals surface area contributed by atoms with Gasteiger partial charge in [-0.2, -0.15) is 5.10 Å². The molecule has 0 spiro atoms. The van der Waals surface area contributed by atoms with Gasteiger partial charge in [0.2, 0.25) is 0 Å². The molecule has 144 valence electrons. The minimum Gasteiger partial charge on any atom is -0.487 e. The number of aromatic amines is 1. The summed E-state index contributed by atoms with van der Waals surface area (Å²) in [5.41, 5.74) is 3.43. The van der Waals surface area contributed by atoms with Crippen molar-refractivity contribution in [1.82, 2.24) is 15.4 Å². The van der Waals surface area contributed by atoms with Gasteiger partial charge >= 0.3 is 0 Å². The molecular formula is C19H15F3N4O2. The van der Waals surface area contributed by atoms with Crippen molar-refractivity contribution in [2.45, 2.75) is 13.0 Å². The predicted octanol–water partition coefficient (Wildman–Crippen LogP) is 4.61. The zero-order chi connectivity index (χ0) is 19.5. The second-order valence-corrected chi connectivity index (χ2v) is 6.05. The topological polar surface area (TPSA) is 76.0 Å². The monoisotopic (exact) mass is 388 g/mol. The molecule has 6 nitrogen and oxygen atoms in total. The number of hydrogen-bond donors (Lipinski definition) is 2. The minimum atomic E-state index is -2.61. The zero-order valence-corrected chi connectivity index (χ0v) is 14.5. The lowest BCUT2D eigenvalue weighted by atomic mass is 10.1. The van der Waals surface area contributed by atoms with E-state index in [1.165, 1.54) is 24.5 Å². The van der Waals surface area contributed by atoms with Crippen molar-refractivity contribution in [2.24, 2.45) is 0 Å². The summed E-state index contributed by atoms with van der Waals surface area (Å²) >= 11 is 0. The van der Waals surface area contributed by atoms with Crippen LogP contribution in [0.5, 0.6) is 5.75 Å². The number of aromatic nitrogens is 3. The summed E-state index contributed by atoms with van der Waals surface area (Å²) in [5.74, 6) is -0.259. The Morgan fingerprint density at radius 1 is 1.18 bits per heavy atom. The molecule has 0 aliphatic heterocycles. The fraction of sp³-hybridized carbons (Fsp3) is 0.158. The maximum absolute atomic E-state index is 13.6. The molecule has 0 aliphatic rings. The fourth-order valence-corrected chi connectivity index (χ4v) is 2.84. The summed E-state index contributed by atoms with van der Waals surface area (Å²) in [6, 6.07) is 9.33. The number of benzene rings is 2. The zero-order valence-electron chi connectivity index (χ0n) is 14.5. The molecule has 2 N–H and O–H groups in total. The first kappa shape index (κ1) is 17.9. The summed E-state index contributed by atoms with van der Waals surface area (Å²) in [4.78, 5) is 0. The van der Waals surface area contributed by atoms with Crippen LogP contribution >= 0.6 is 0 Å². The van der Waals surface area contributed by atoms with Crippen molar-refractivity contribution in [3.63, 3.8) is 0 Å². The van der Waals surface area contributed by atoms with Gasteiger partial charge in [-0.25, -0.2) is 13.2 Å². The molecule has 2 aromatic carbocycles. The lowest BCUT2D eigenvalue weighted by Crippen LogP contribution is -2.10. The molecule has 0 radical (unpaired) electrons. The van der Waals surface area contributed by atoms with Gasteiger partial charge in [0.1, 0.15) is 30.1 Å². The van der Waals surface area contributed by atoms with Crippen LogP contribution in [-0.4, -0.2) is 28.4 Å². The second kappa shape index (κ2) is 7.63. The molecule has 2 heterocycles. The maximum Gasteiger partial charge on any atom is 0.272 e. The molecule has 0 atom stereocenters. The Labute approximate surface area is 157 Å². The van der Waals surface area contributed by atoms with Crippen LogP contribution in [-0.2, 0) is 6.54 Å². The first-order valence-electron chi connectivity index (χ1n) is 8.41. The third kappa shape index (κ3) is 3.78. The van der Waals surface area contributed by atoms with Crippen molar-refractivity contribution in [3.8, 4) is 17.0 Å². The molecule has 28 heavy (non-hydrogen) atoms. The van der Waals surface area contributed by atoms with Crippen LogP contribution in [0.1, 0.15) is 5.56 Å². The highest BCUT2D eigenvalue weighted by Crippen LogP contribution is 2.29. The summed E-state index contributed by atoms with van der Waals surface area (Å²) in [6.07, 6.45) is 0.453. The molecule has 0 unspecified atom stereocenters. The van der Waals surface area contributed by atoms with E-state index in [9.17, 15) is 13.2 Å². The maximum atomic E-state index is 13.6. The van der Waals surface area contributed by atoms with E-state index in [1.54, 1.807) is 6.20 Å². The van der Waals surface area contributed by atoms with Gasteiger partial charge in [-0.1, -0.05) is 5.16 Å². The number of fused-ring (bicyclic) bond motifs is 1. The van der Waals surface area contributed by atoms with Gasteiger partial charge in [-0.15, -0.1) is 0 Å². The third-order valence-electron chi connectivity index (χ3n) is 4.14. The van der Waals surface area contributed by atoms with Gasteiger partial charge in [0.05, 0.1) is 17.3 Å². The van der Waals surface area contributed by atoms with Gasteiger partial charge < -0.3 is 14.6 Å². The minimum absolute atomic E-state index is 0.197. The van der Waals surface area contributed by atoms with Crippen LogP contribution < -0.4 is 10.1 Å². The van der Waals surface area contributed by atoms with E-state index in [0.717, 1.165) is 22.2 Å². The number of halogens is 3. The number of anilines is 1. The highest BCUT2D eigenvalue weighted by molar-refractivity contribution is 5.94. The number of alkyl halides is 2. The SMILES string of the molecule is Fc1ccc(OCC(F)F)c(CNc2ccc3[nH]nc(-c4cnoc4)c3c2)c1. The van der Waals surface area contributed by atoms with E-state index in [1.807, 2.05) is 18.2 Å². The fourth-order valence-electron chi connectivity index (χ4n) is 2.84. The highest BCUT2D eigenvalue weighted by Gasteiger charge is 2.12. The normalized spacial score (nSPS) is 11.3. The Morgan fingerprint density at radius 2 is 2.07 bits per heavy atom. The number of H-pyrrole nitrogens is 1. The van der Waals surface area contributed by atoms with Crippen LogP contribution in [0.15, 0.2) is 53.4 Å². The average Bonchev–Trinajstić information content (AvgIpc) is 3.34. The van der Waals surface area contributed by atoms with Crippen LogP contribution in [0.4, 0.5) is 18.9 Å². The van der Waals surface area contributed by atoms with Gasteiger partial charge in [0, 0.05) is 23.2 Å². The quantitative estimate of drug-likeness (QED) is 0.483. The Bertz CT molecular complexity index is 1080. The van der Waals surface area contributed by atoms with E-state index in [-0.39, 0.29) is 12.3 Å². The molecule has 9 heteroatoms. The summed E-state index contributed by atoms with van der Waals surface area (Å²) in [7, 11) is 0. The first-order valence-corrected chi connectivity index (χ1v) is 8.41. The second-order valence-electron chi connectivity index (χ2n) is 6.05. The largest absolute Gasteiger partial charge is 0.487 e. The first-order chi connectivity index (χ1) is 13.6. The number of nitrogens with one attached hydrogen (secondary N) is 2. The van der Waals surface area contributed by atoms with Crippen LogP contribution in [0.25, 0.3) is 22.2 Å². The Morgan fingerprint density at radius 3 is 2.86 bits per heavy atom. The van der Waals surface area contributed by atoms with Gasteiger partial charge in [0.15, 0.2) is 0 Å². The van der Waals surface area contributed by atoms with Crippen molar-refractivity contribution < 1.29 is 22.4 Å². The molecule has 0 aliphatic carbocycles. The lowest BCUT2D eigenvalue weighted by Gasteiger charge is -2.13. The third-order valence-corrected chi connectivity index (χ3v) is 4.14. The Kier molecular flexibility index (Phi) is 4.88. The molecular weight excluding hydrogens is 373 g/mol. The number of ether oxygens (including phenoxy) is 1. The lowest BCUT2D eigenvalue weighted by molar-refractivity contribution is 0.0814.